The molecule has 1 N–H and O–H groups in total. The van der Waals surface area contributed by atoms with Crippen LogP contribution < -0.4 is 29.6 Å². The number of hydrogen-bond donors (Lipinski definition) is 1. The fraction of sp³-hybridized carbons (Fsp3) is 1.00. The fourth-order valence-corrected chi connectivity index (χ4v) is 0.845. The van der Waals surface area contributed by atoms with Crippen molar-refractivity contribution in [1.29, 1.82) is 0 Å². The van der Waals surface area contributed by atoms with Crippen molar-refractivity contribution in [2.45, 2.75) is 26.2 Å². The molecule has 64 valence electrons. The smallest absolute Gasteiger partial charge is 1.00 e. The second kappa shape index (κ2) is 7.52. The summed E-state index contributed by atoms with van der Waals surface area (Å²) in [4.78, 5) is 0. The van der Waals surface area contributed by atoms with Gasteiger partial charge in [-0.1, -0.05) is 19.8 Å². The molecule has 0 bridgehead atoms. The normalized spacial score (nSPS) is 10.7. The van der Waals surface area contributed by atoms with Crippen LogP contribution in [0.2, 0.25) is 0 Å². The van der Waals surface area contributed by atoms with Crippen LogP contribution in [0.5, 0.6) is 0 Å². The molecule has 0 aliphatic heterocycles. The molecule has 0 saturated carbocycles. The molecule has 11 heavy (non-hydrogen) atoms. The van der Waals surface area contributed by atoms with Crippen LogP contribution in [-0.4, -0.2) is 19.6 Å². The Balaban J connectivity index is -0.000000405. The minimum Gasteiger partial charge on any atom is -1.00 e. The van der Waals surface area contributed by atoms with E-state index < -0.39 is 10.4 Å². The number of rotatable bonds is 5. The van der Waals surface area contributed by atoms with E-state index in [-0.39, 0.29) is 37.6 Å². The van der Waals surface area contributed by atoms with Gasteiger partial charge < -0.3 is 1.43 Å². The summed E-state index contributed by atoms with van der Waals surface area (Å²) in [7, 11) is -4.20. The monoisotopic (exact) mass is 192 g/mol. The molecular formula is C5H13NaO4S. The first kappa shape index (κ1) is 14.4. The van der Waals surface area contributed by atoms with Crippen LogP contribution in [0, 0.1) is 0 Å². The van der Waals surface area contributed by atoms with E-state index in [0.29, 0.717) is 6.42 Å². The van der Waals surface area contributed by atoms with Gasteiger partial charge in [0.25, 0.3) is 0 Å². The van der Waals surface area contributed by atoms with Gasteiger partial charge in [0, 0.05) is 0 Å². The minimum atomic E-state index is -4.20. The molecule has 0 aromatic carbocycles. The first-order chi connectivity index (χ1) is 4.56. The molecule has 0 heterocycles. The average Bonchev–Trinajstić information content (AvgIpc) is 1.78. The Labute approximate surface area is 91.0 Å². The maximum atomic E-state index is 9.93. The Hall–Kier alpha value is 0.870. The Morgan fingerprint density at radius 2 is 2.00 bits per heavy atom. The maximum Gasteiger partial charge on any atom is 1.00 e. The second-order valence-electron chi connectivity index (χ2n) is 1.96. The quantitative estimate of drug-likeness (QED) is 0.314. The van der Waals surface area contributed by atoms with E-state index >= 15 is 0 Å². The van der Waals surface area contributed by atoms with Gasteiger partial charge >= 0.3 is 40.0 Å². The van der Waals surface area contributed by atoms with E-state index in [1.54, 1.807) is 0 Å². The van der Waals surface area contributed by atoms with Crippen molar-refractivity contribution in [3.63, 3.8) is 0 Å². The van der Waals surface area contributed by atoms with E-state index in [1.165, 1.54) is 0 Å². The zero-order valence-electron chi connectivity index (χ0n) is 7.91. The summed E-state index contributed by atoms with van der Waals surface area (Å²) in [6.45, 7) is 2.07. The molecule has 0 fully saturated rings. The topological polar surface area (TPSA) is 63.6 Å². The van der Waals surface area contributed by atoms with Crippen molar-refractivity contribution in [3.8, 4) is 0 Å². The van der Waals surface area contributed by atoms with E-state index in [1.807, 2.05) is 6.92 Å². The molecule has 0 aliphatic carbocycles. The first-order valence-corrected chi connectivity index (χ1v) is 4.54. The van der Waals surface area contributed by atoms with Crippen LogP contribution in [0.4, 0.5) is 0 Å². The summed E-state index contributed by atoms with van der Waals surface area (Å²) in [5.74, 6) is 0. The summed E-state index contributed by atoms with van der Waals surface area (Å²) in [6, 6.07) is 0. The van der Waals surface area contributed by atoms with E-state index in [9.17, 15) is 8.42 Å². The summed E-state index contributed by atoms with van der Waals surface area (Å²) >= 11 is 0. The Morgan fingerprint density at radius 3 is 2.36 bits per heavy atom. The standard InChI is InChI=1S/C5H12O4S.Na.H/c1-2-3-4-5-9-10(6,7)8;;/h2-5H2,1H3,(H,6,7,8);;/q;+1;-1. The van der Waals surface area contributed by atoms with Crippen molar-refractivity contribution < 1.29 is 48.1 Å². The van der Waals surface area contributed by atoms with Crippen LogP contribution in [0.1, 0.15) is 27.6 Å². The third-order valence-electron chi connectivity index (χ3n) is 0.980. The molecule has 0 aliphatic rings. The molecule has 0 aromatic rings. The molecule has 0 unspecified atom stereocenters. The van der Waals surface area contributed by atoms with Gasteiger partial charge in [-0.15, -0.1) is 0 Å². The first-order valence-electron chi connectivity index (χ1n) is 3.18. The summed E-state index contributed by atoms with van der Waals surface area (Å²) in [5, 5.41) is 0. The van der Waals surface area contributed by atoms with Gasteiger partial charge in [-0.25, -0.2) is 4.18 Å². The predicted octanol–water partition coefficient (Wildman–Crippen LogP) is -1.89. The van der Waals surface area contributed by atoms with E-state index in [0.717, 1.165) is 12.8 Å². The molecule has 0 spiro atoms. The van der Waals surface area contributed by atoms with E-state index in [2.05, 4.69) is 4.18 Å². The predicted molar refractivity (Wildman–Crippen MR) is 38.1 cm³/mol. The molecule has 0 radical (unpaired) electrons. The summed E-state index contributed by atoms with van der Waals surface area (Å²) < 4.78 is 32.0. The Kier molecular flexibility index (Phi) is 9.84. The van der Waals surface area contributed by atoms with Crippen LogP contribution in [0.3, 0.4) is 0 Å². The van der Waals surface area contributed by atoms with Crippen molar-refractivity contribution in [2.24, 2.45) is 0 Å². The van der Waals surface area contributed by atoms with Gasteiger partial charge in [0.2, 0.25) is 0 Å². The van der Waals surface area contributed by atoms with Crippen molar-refractivity contribution in [3.05, 3.63) is 0 Å². The number of unbranched alkanes of at least 4 members (excludes halogenated alkanes) is 2. The Bertz CT molecular complexity index is 170. The third kappa shape index (κ3) is 13.8. The molecule has 6 heteroatoms. The van der Waals surface area contributed by atoms with E-state index in [4.69, 9.17) is 4.55 Å². The van der Waals surface area contributed by atoms with Gasteiger partial charge in [0.05, 0.1) is 6.61 Å². The summed E-state index contributed by atoms with van der Waals surface area (Å²) in [5.41, 5.74) is 0. The molecule has 0 rings (SSSR count). The molecule has 0 aromatic heterocycles. The average molecular weight is 192 g/mol. The SMILES string of the molecule is CCCCCOS(=O)(=O)O.[H-].[Na+]. The maximum absolute atomic E-state index is 9.93. The van der Waals surface area contributed by atoms with Crippen molar-refractivity contribution in [1.82, 2.24) is 0 Å². The number of hydrogen-bond acceptors (Lipinski definition) is 3. The fourth-order valence-electron chi connectivity index (χ4n) is 0.516. The van der Waals surface area contributed by atoms with Crippen LogP contribution >= 0.6 is 0 Å². The van der Waals surface area contributed by atoms with Gasteiger partial charge in [-0.3, -0.25) is 4.55 Å². The van der Waals surface area contributed by atoms with Gasteiger partial charge in [0.1, 0.15) is 0 Å². The third-order valence-corrected chi connectivity index (χ3v) is 1.44. The van der Waals surface area contributed by atoms with Crippen molar-refractivity contribution in [2.75, 3.05) is 6.61 Å². The minimum absolute atomic E-state index is 0. The second-order valence-corrected chi connectivity index (χ2v) is 3.05. The van der Waals surface area contributed by atoms with Crippen LogP contribution in [0.15, 0.2) is 0 Å². The largest absolute Gasteiger partial charge is 1.00 e. The van der Waals surface area contributed by atoms with Crippen molar-refractivity contribution >= 4 is 10.4 Å². The Morgan fingerprint density at radius 1 is 1.45 bits per heavy atom. The molecular weight excluding hydrogens is 179 g/mol. The van der Waals surface area contributed by atoms with Gasteiger partial charge in [-0.05, 0) is 6.42 Å². The molecule has 0 saturated heterocycles. The molecule has 4 nitrogen and oxygen atoms in total. The molecule has 0 amide bonds. The van der Waals surface area contributed by atoms with Gasteiger partial charge in [0.15, 0.2) is 0 Å². The van der Waals surface area contributed by atoms with Gasteiger partial charge in [-0.2, -0.15) is 8.42 Å². The van der Waals surface area contributed by atoms with Crippen LogP contribution in [0.25, 0.3) is 0 Å². The zero-order valence-corrected chi connectivity index (χ0v) is 9.73. The summed E-state index contributed by atoms with van der Waals surface area (Å²) in [6.07, 6.45) is 2.57. The molecule has 0 atom stereocenters. The zero-order chi connectivity index (χ0) is 8.04. The van der Waals surface area contributed by atoms with Crippen LogP contribution in [-0.2, 0) is 14.6 Å².